The molecule has 0 aliphatic heterocycles. The second-order valence-corrected chi connectivity index (χ2v) is 5.17. The van der Waals surface area contributed by atoms with E-state index in [9.17, 15) is 12.8 Å². The Morgan fingerprint density at radius 3 is 2.50 bits per heavy atom. The first-order chi connectivity index (χ1) is 8.54. The Kier molecular flexibility index (Phi) is 3.13. The van der Waals surface area contributed by atoms with Crippen molar-refractivity contribution in [3.8, 4) is 22.8 Å². The topological polar surface area (TPSA) is 47.0 Å². The summed E-state index contributed by atoms with van der Waals surface area (Å²) < 4.78 is 36.2. The van der Waals surface area contributed by atoms with Crippen molar-refractivity contribution >= 4 is 9.84 Å². The van der Waals surface area contributed by atoms with Gasteiger partial charge in [-0.1, -0.05) is 18.2 Å². The van der Waals surface area contributed by atoms with Gasteiger partial charge in [-0.15, -0.1) is 6.42 Å². The van der Waals surface area contributed by atoms with Crippen LogP contribution in [-0.2, 0) is 9.84 Å². The maximum absolute atomic E-state index is 12.7. The highest BCUT2D eigenvalue weighted by Gasteiger charge is 2.16. The predicted octanol–water partition coefficient (Wildman–Crippen LogP) is 2.25. The average Bonchev–Trinajstić information content (AvgIpc) is 2.40. The van der Waals surface area contributed by atoms with Gasteiger partial charge < -0.3 is 0 Å². The van der Waals surface area contributed by atoms with Gasteiger partial charge in [-0.05, 0) is 18.2 Å². The van der Waals surface area contributed by atoms with Crippen molar-refractivity contribution in [3.05, 3.63) is 48.5 Å². The molecule has 2 aromatic rings. The highest BCUT2D eigenvalue weighted by Crippen LogP contribution is 2.27. The van der Waals surface area contributed by atoms with Gasteiger partial charge in [0.2, 0.25) is 15.8 Å². The fourth-order valence-corrected chi connectivity index (χ4v) is 2.40. The minimum atomic E-state index is -3.78. The third-order valence-corrected chi connectivity index (χ3v) is 3.62. The molecular weight excluding hydrogens is 253 g/mol. The van der Waals surface area contributed by atoms with Crippen molar-refractivity contribution in [1.82, 2.24) is 4.98 Å². The van der Waals surface area contributed by atoms with Gasteiger partial charge in [0.15, 0.2) is 0 Å². The van der Waals surface area contributed by atoms with Crippen LogP contribution in [0.4, 0.5) is 4.39 Å². The molecule has 0 radical (unpaired) electrons. The van der Waals surface area contributed by atoms with Crippen LogP contribution >= 0.6 is 0 Å². The molecular formula is C13H8FNO2S. The molecule has 1 heterocycles. The van der Waals surface area contributed by atoms with Crippen LogP contribution in [0.5, 0.6) is 0 Å². The first-order valence-corrected chi connectivity index (χ1v) is 6.46. The molecule has 0 N–H and O–H groups in total. The van der Waals surface area contributed by atoms with E-state index in [0.717, 1.165) is 6.07 Å². The second kappa shape index (κ2) is 4.59. The Bertz CT molecular complexity index is 715. The minimum absolute atomic E-state index is 0.0147. The van der Waals surface area contributed by atoms with E-state index in [0.29, 0.717) is 11.1 Å². The zero-order chi connectivity index (χ0) is 13.2. The Labute approximate surface area is 104 Å². The highest BCUT2D eigenvalue weighted by atomic mass is 32.2. The molecule has 2 rings (SSSR count). The normalized spacial score (nSPS) is 10.9. The maximum Gasteiger partial charge on any atom is 0.245 e. The van der Waals surface area contributed by atoms with Crippen LogP contribution in [0.1, 0.15) is 0 Å². The van der Waals surface area contributed by atoms with Crippen LogP contribution in [0.3, 0.4) is 0 Å². The van der Waals surface area contributed by atoms with Gasteiger partial charge in [-0.25, -0.2) is 13.4 Å². The van der Waals surface area contributed by atoms with Crippen molar-refractivity contribution in [2.75, 3.05) is 0 Å². The van der Waals surface area contributed by atoms with Crippen molar-refractivity contribution in [2.45, 2.75) is 4.90 Å². The quantitative estimate of drug-likeness (QED) is 0.473. The van der Waals surface area contributed by atoms with E-state index in [1.54, 1.807) is 23.5 Å². The number of pyridine rings is 1. The molecule has 3 nitrogen and oxygen atoms in total. The molecule has 90 valence electrons. The van der Waals surface area contributed by atoms with Gasteiger partial charge in [-0.2, -0.15) is 4.39 Å². The van der Waals surface area contributed by atoms with Crippen molar-refractivity contribution < 1.29 is 12.8 Å². The lowest BCUT2D eigenvalue weighted by Crippen LogP contribution is -1.99. The molecule has 0 fully saturated rings. The predicted molar refractivity (Wildman–Crippen MR) is 65.6 cm³/mol. The number of benzene rings is 1. The summed E-state index contributed by atoms with van der Waals surface area (Å²) in [5, 5.41) is 1.76. The van der Waals surface area contributed by atoms with Gasteiger partial charge in [0, 0.05) is 22.6 Å². The van der Waals surface area contributed by atoms with Crippen LogP contribution in [-0.4, -0.2) is 13.4 Å². The van der Waals surface area contributed by atoms with Crippen LogP contribution in [0, 0.1) is 17.6 Å². The number of hydrogen-bond donors (Lipinski definition) is 0. The number of sulfone groups is 1. The Balaban J connectivity index is 2.67. The zero-order valence-corrected chi connectivity index (χ0v) is 9.99. The molecule has 1 aromatic carbocycles. The highest BCUT2D eigenvalue weighted by molar-refractivity contribution is 7.96. The maximum atomic E-state index is 12.7. The summed E-state index contributed by atoms with van der Waals surface area (Å²) in [6.45, 7) is 0. The third kappa shape index (κ3) is 2.24. The number of halogens is 1. The molecule has 0 atom stereocenters. The van der Waals surface area contributed by atoms with Crippen molar-refractivity contribution in [1.29, 1.82) is 0 Å². The molecule has 1 aromatic heterocycles. The molecule has 0 saturated carbocycles. The van der Waals surface area contributed by atoms with E-state index in [1.807, 2.05) is 0 Å². The monoisotopic (exact) mass is 261 g/mol. The fraction of sp³-hybridized carbons (Fsp3) is 0. The molecule has 0 aliphatic carbocycles. The third-order valence-electron chi connectivity index (χ3n) is 2.37. The molecule has 0 saturated heterocycles. The fourth-order valence-electron chi connectivity index (χ4n) is 1.54. The first kappa shape index (κ1) is 12.3. The Morgan fingerprint density at radius 1 is 1.17 bits per heavy atom. The summed E-state index contributed by atoms with van der Waals surface area (Å²) in [5.74, 6) is -0.629. The molecule has 18 heavy (non-hydrogen) atoms. The molecule has 0 aliphatic rings. The van der Waals surface area contributed by atoms with E-state index in [4.69, 9.17) is 6.42 Å². The summed E-state index contributed by atoms with van der Waals surface area (Å²) in [7, 11) is -3.78. The summed E-state index contributed by atoms with van der Waals surface area (Å²) >= 11 is 0. The average molecular weight is 261 g/mol. The lowest BCUT2D eigenvalue weighted by atomic mass is 10.1. The largest absolute Gasteiger partial charge is 0.245 e. The summed E-state index contributed by atoms with van der Waals surface area (Å²) in [4.78, 5) is 3.51. The lowest BCUT2D eigenvalue weighted by Gasteiger charge is -2.06. The van der Waals surface area contributed by atoms with Crippen LogP contribution < -0.4 is 0 Å². The number of rotatable bonds is 2. The van der Waals surface area contributed by atoms with E-state index < -0.39 is 15.8 Å². The molecule has 0 amide bonds. The minimum Gasteiger partial charge on any atom is -0.228 e. The van der Waals surface area contributed by atoms with Crippen molar-refractivity contribution in [3.63, 3.8) is 0 Å². The molecule has 0 bridgehead atoms. The van der Waals surface area contributed by atoms with Crippen LogP contribution in [0.25, 0.3) is 11.1 Å². The second-order valence-electron chi connectivity index (χ2n) is 3.49. The molecule has 0 unspecified atom stereocenters. The molecule has 0 spiro atoms. The Hall–Kier alpha value is -2.19. The van der Waals surface area contributed by atoms with E-state index >= 15 is 0 Å². The van der Waals surface area contributed by atoms with E-state index in [1.165, 1.54) is 18.3 Å². The van der Waals surface area contributed by atoms with Gasteiger partial charge in [0.1, 0.15) is 0 Å². The van der Waals surface area contributed by atoms with Crippen molar-refractivity contribution in [2.24, 2.45) is 0 Å². The van der Waals surface area contributed by atoms with E-state index in [2.05, 4.69) is 4.98 Å². The SMILES string of the molecule is C#CS(=O)(=O)c1ccccc1-c1ccc(F)nc1. The Morgan fingerprint density at radius 2 is 1.89 bits per heavy atom. The number of terminal acetylenes is 1. The zero-order valence-electron chi connectivity index (χ0n) is 9.17. The molecule has 5 heteroatoms. The smallest absolute Gasteiger partial charge is 0.228 e. The standard InChI is InChI=1S/C13H8FNO2S/c1-2-18(16,17)12-6-4-3-5-11(12)10-7-8-13(14)15-9-10/h1,3-9H. The number of hydrogen-bond acceptors (Lipinski definition) is 3. The first-order valence-electron chi connectivity index (χ1n) is 4.98. The summed E-state index contributed by atoms with van der Waals surface area (Å²) in [6.07, 6.45) is 6.26. The van der Waals surface area contributed by atoms with Crippen LogP contribution in [0.15, 0.2) is 47.5 Å². The van der Waals surface area contributed by atoms with Gasteiger partial charge in [0.25, 0.3) is 0 Å². The number of nitrogens with zero attached hydrogens (tertiary/aromatic N) is 1. The lowest BCUT2D eigenvalue weighted by molar-refractivity contribution is 0.584. The van der Waals surface area contributed by atoms with Gasteiger partial charge in [-0.3, -0.25) is 0 Å². The van der Waals surface area contributed by atoms with Gasteiger partial charge >= 0.3 is 0 Å². The van der Waals surface area contributed by atoms with Gasteiger partial charge in [0.05, 0.1) is 4.90 Å². The summed E-state index contributed by atoms with van der Waals surface area (Å²) in [5.41, 5.74) is 0.897. The number of aromatic nitrogens is 1. The van der Waals surface area contributed by atoms with Crippen LogP contribution in [0.2, 0.25) is 0 Å². The van der Waals surface area contributed by atoms with E-state index in [-0.39, 0.29) is 4.90 Å². The summed E-state index contributed by atoms with van der Waals surface area (Å²) in [6, 6.07) is 8.87.